The normalized spacial score (nSPS) is 20.0. The first-order valence-electron chi connectivity index (χ1n) is 15.9. The zero-order valence-corrected chi connectivity index (χ0v) is 27.4. The van der Waals surface area contributed by atoms with Crippen molar-refractivity contribution in [3.05, 3.63) is 35.0 Å². The average Bonchev–Trinajstić information content (AvgIpc) is 3.36. The summed E-state index contributed by atoms with van der Waals surface area (Å²) in [5, 5.41) is 4.37. The number of fused-ring (bicyclic) bond motifs is 1. The van der Waals surface area contributed by atoms with E-state index in [2.05, 4.69) is 9.80 Å². The van der Waals surface area contributed by atoms with E-state index in [1.165, 1.54) is 29.6 Å². The summed E-state index contributed by atoms with van der Waals surface area (Å²) in [6.07, 6.45) is 0.723. The Morgan fingerprint density at radius 2 is 1.68 bits per heavy atom. The Bertz CT molecular complexity index is 1370. The number of hydrogen-bond acceptors (Lipinski definition) is 6. The van der Waals surface area contributed by atoms with Crippen molar-refractivity contribution >= 4 is 21.8 Å². The predicted octanol–water partition coefficient (Wildman–Crippen LogP) is 6.07. The first kappa shape index (κ1) is 33.7. The molecule has 0 spiro atoms. The summed E-state index contributed by atoms with van der Waals surface area (Å²) >= 11 is 1.16. The Kier molecular flexibility index (Phi) is 11.0. The van der Waals surface area contributed by atoms with Crippen LogP contribution >= 0.6 is 11.8 Å². The second kappa shape index (κ2) is 14.4. The van der Waals surface area contributed by atoms with Crippen molar-refractivity contribution in [3.8, 4) is 11.3 Å². The first-order chi connectivity index (χ1) is 20.9. The zero-order valence-electron chi connectivity index (χ0n) is 25.8. The van der Waals surface area contributed by atoms with Gasteiger partial charge in [0.15, 0.2) is 0 Å². The van der Waals surface area contributed by atoms with Crippen LogP contribution in [0.25, 0.3) is 11.3 Å². The molecule has 0 bridgehead atoms. The Morgan fingerprint density at radius 1 is 0.977 bits per heavy atom. The average molecular weight is 660 g/mol. The molecule has 4 heterocycles. The smallest absolute Gasteiger partial charge is 0.303 e. The number of thioether (sulfide) groups is 1. The van der Waals surface area contributed by atoms with Gasteiger partial charge in [0, 0.05) is 73.2 Å². The molecule has 2 saturated heterocycles. The maximum atomic E-state index is 14.1. The maximum Gasteiger partial charge on any atom is 0.417 e. The number of aromatic nitrogens is 2. The zero-order chi connectivity index (χ0) is 31.5. The van der Waals surface area contributed by atoms with Gasteiger partial charge in [-0.1, -0.05) is 12.5 Å². The lowest BCUT2D eigenvalue weighted by Gasteiger charge is -2.29. The number of halogens is 4. The predicted molar refractivity (Wildman–Crippen MR) is 167 cm³/mol. The van der Waals surface area contributed by atoms with Gasteiger partial charge in [0.2, 0.25) is 10.0 Å². The van der Waals surface area contributed by atoms with Gasteiger partial charge < -0.3 is 9.80 Å². The Balaban J connectivity index is 1.42. The van der Waals surface area contributed by atoms with Crippen molar-refractivity contribution in [2.24, 2.45) is 0 Å². The van der Waals surface area contributed by atoms with Crippen molar-refractivity contribution in [3.63, 3.8) is 0 Å². The summed E-state index contributed by atoms with van der Waals surface area (Å²) in [7, 11) is -3.52. The summed E-state index contributed by atoms with van der Waals surface area (Å²) in [4.78, 5) is 4.70. The molecular formula is C31H45F4N5O2S2. The third kappa shape index (κ3) is 8.00. The first-order valence-corrected chi connectivity index (χ1v) is 18.4. The number of piperidine rings is 2. The van der Waals surface area contributed by atoms with Crippen LogP contribution in [-0.2, 0) is 35.7 Å². The fourth-order valence-corrected chi connectivity index (χ4v) is 8.83. The van der Waals surface area contributed by atoms with E-state index in [9.17, 15) is 26.0 Å². The largest absolute Gasteiger partial charge is 0.417 e. The van der Waals surface area contributed by atoms with Crippen LogP contribution in [0.3, 0.4) is 0 Å². The molecular weight excluding hydrogens is 614 g/mol. The molecule has 1 aromatic heterocycles. The van der Waals surface area contributed by atoms with Crippen molar-refractivity contribution in [1.82, 2.24) is 23.9 Å². The van der Waals surface area contributed by atoms with E-state index in [0.29, 0.717) is 69.0 Å². The maximum absolute atomic E-state index is 14.1. The van der Waals surface area contributed by atoms with Crippen molar-refractivity contribution < 1.29 is 26.0 Å². The van der Waals surface area contributed by atoms with Gasteiger partial charge in [-0.15, -0.1) is 11.8 Å². The fourth-order valence-electron chi connectivity index (χ4n) is 6.46. The number of nitrogens with zero attached hydrogens (tertiary/aromatic N) is 5. The molecule has 2 aromatic rings. The van der Waals surface area contributed by atoms with Crippen LogP contribution < -0.4 is 0 Å². The molecule has 246 valence electrons. The van der Waals surface area contributed by atoms with E-state index < -0.39 is 33.2 Å². The lowest BCUT2D eigenvalue weighted by Crippen LogP contribution is -2.40. The van der Waals surface area contributed by atoms with Crippen LogP contribution in [0.4, 0.5) is 17.6 Å². The Hall–Kier alpha value is -1.67. The van der Waals surface area contributed by atoms with Gasteiger partial charge in [-0.25, -0.2) is 12.8 Å². The number of aryl methyl sites for hydroxylation is 1. The summed E-state index contributed by atoms with van der Waals surface area (Å²) < 4.78 is 85.4. The van der Waals surface area contributed by atoms with Crippen molar-refractivity contribution in [1.29, 1.82) is 0 Å². The molecule has 2 fully saturated rings. The third-order valence-corrected chi connectivity index (χ3v) is 12.3. The number of rotatable bonds is 11. The minimum atomic E-state index is -4.51. The van der Waals surface area contributed by atoms with E-state index in [1.807, 2.05) is 4.68 Å². The van der Waals surface area contributed by atoms with Gasteiger partial charge in [0.05, 0.1) is 16.5 Å². The second-order valence-electron chi connectivity index (χ2n) is 12.5. The lowest BCUT2D eigenvalue weighted by molar-refractivity contribution is -0.139. The molecule has 0 N–H and O–H groups in total. The van der Waals surface area contributed by atoms with E-state index in [0.717, 1.165) is 55.1 Å². The molecule has 0 saturated carbocycles. The molecule has 0 amide bonds. The van der Waals surface area contributed by atoms with E-state index >= 15 is 0 Å². The molecule has 3 aliphatic rings. The highest BCUT2D eigenvalue weighted by Crippen LogP contribution is 2.40. The minimum Gasteiger partial charge on any atom is -0.303 e. The third-order valence-electron chi connectivity index (χ3n) is 9.09. The number of sulfonamides is 1. The van der Waals surface area contributed by atoms with Gasteiger partial charge >= 0.3 is 6.18 Å². The summed E-state index contributed by atoms with van der Waals surface area (Å²) in [6.45, 7) is 9.50. The molecule has 3 aliphatic heterocycles. The van der Waals surface area contributed by atoms with Gasteiger partial charge in [-0.3, -0.25) is 4.68 Å². The highest BCUT2D eigenvalue weighted by molar-refractivity contribution is 7.99. The second-order valence-corrected chi connectivity index (χ2v) is 16.1. The van der Waals surface area contributed by atoms with Crippen molar-refractivity contribution in [2.75, 3.05) is 51.6 Å². The van der Waals surface area contributed by atoms with E-state index in [4.69, 9.17) is 5.10 Å². The molecule has 0 radical (unpaired) electrons. The summed E-state index contributed by atoms with van der Waals surface area (Å²) in [6, 6.07) is 4.16. The van der Waals surface area contributed by atoms with Crippen LogP contribution in [0.5, 0.6) is 0 Å². The van der Waals surface area contributed by atoms with Gasteiger partial charge in [0.25, 0.3) is 0 Å². The van der Waals surface area contributed by atoms with Crippen LogP contribution in [0.2, 0.25) is 0 Å². The highest BCUT2D eigenvalue weighted by atomic mass is 32.2. The quantitative estimate of drug-likeness (QED) is 0.216. The minimum absolute atomic E-state index is 0.131. The molecule has 0 aliphatic carbocycles. The monoisotopic (exact) mass is 659 g/mol. The standard InChI is InChI=1S/C31H45F4N5O2S2/c1-23(2)44(41,42)39-18-11-28-26(22-39)30(36-40(28)15-6-14-37-12-4-3-5-13-37)24-7-8-27(31(33,34)35)29(21-24)43-20-19-38-16-9-25(32)10-17-38/h7-8,21,23,25H,3-6,9-20,22H2,1-2H3. The molecule has 44 heavy (non-hydrogen) atoms. The molecule has 13 heteroatoms. The van der Waals surface area contributed by atoms with E-state index in [1.54, 1.807) is 19.9 Å². The topological polar surface area (TPSA) is 61.7 Å². The van der Waals surface area contributed by atoms with Crippen LogP contribution in [0, 0.1) is 0 Å². The van der Waals surface area contributed by atoms with Gasteiger partial charge in [-0.05, 0) is 77.7 Å². The Morgan fingerprint density at radius 3 is 2.36 bits per heavy atom. The molecule has 5 rings (SSSR count). The summed E-state index contributed by atoms with van der Waals surface area (Å²) in [5.41, 5.74) is 2.19. The fraction of sp³-hybridized carbons (Fsp3) is 0.710. The number of hydrogen-bond donors (Lipinski definition) is 0. The van der Waals surface area contributed by atoms with Gasteiger partial charge in [0.1, 0.15) is 6.17 Å². The highest BCUT2D eigenvalue weighted by Gasteiger charge is 2.36. The van der Waals surface area contributed by atoms with Crippen molar-refractivity contribution in [2.45, 2.75) is 94.4 Å². The Labute approximate surface area is 263 Å². The molecule has 0 unspecified atom stereocenters. The van der Waals surface area contributed by atoms with Crippen LogP contribution in [0.15, 0.2) is 23.1 Å². The SMILES string of the molecule is CC(C)S(=O)(=O)N1CCc2c(c(-c3ccc(C(F)(F)F)c(SCCN4CCC(F)CC4)c3)nn2CCCN2CCCCC2)C1. The molecule has 7 nitrogen and oxygen atoms in total. The lowest BCUT2D eigenvalue weighted by atomic mass is 10.0. The van der Waals surface area contributed by atoms with E-state index in [-0.39, 0.29) is 11.4 Å². The number of alkyl halides is 4. The van der Waals surface area contributed by atoms with Gasteiger partial charge in [-0.2, -0.15) is 22.6 Å². The van der Waals surface area contributed by atoms with Crippen LogP contribution in [0.1, 0.15) is 69.2 Å². The summed E-state index contributed by atoms with van der Waals surface area (Å²) in [5.74, 6) is 0.451. The number of likely N-dealkylation sites (tertiary alicyclic amines) is 2. The number of benzene rings is 1. The van der Waals surface area contributed by atoms with Crippen LogP contribution in [-0.4, -0.2) is 95.3 Å². The molecule has 1 aromatic carbocycles. The molecule has 0 atom stereocenters.